The van der Waals surface area contributed by atoms with Gasteiger partial charge < -0.3 is 19.0 Å². The first kappa shape index (κ1) is 28.2. The molecular formula is C33H37F2NO4. The molecule has 0 N–H and O–H groups in total. The van der Waals surface area contributed by atoms with Gasteiger partial charge in [-0.2, -0.15) is 0 Å². The van der Waals surface area contributed by atoms with Gasteiger partial charge in [0.2, 0.25) is 5.88 Å². The van der Waals surface area contributed by atoms with Crippen molar-refractivity contribution in [1.29, 1.82) is 0 Å². The maximum absolute atomic E-state index is 16.0. The summed E-state index contributed by atoms with van der Waals surface area (Å²) in [6.45, 7) is 8.32. The van der Waals surface area contributed by atoms with Gasteiger partial charge in [0.05, 0.1) is 19.4 Å². The second kappa shape index (κ2) is 10.6. The van der Waals surface area contributed by atoms with Gasteiger partial charge in [-0.15, -0.1) is 0 Å². The quantitative estimate of drug-likeness (QED) is 0.274. The van der Waals surface area contributed by atoms with Crippen LogP contribution in [0.25, 0.3) is 11.1 Å². The number of rotatable bonds is 8. The summed E-state index contributed by atoms with van der Waals surface area (Å²) in [4.78, 5) is 15.7. The topological polar surface area (TPSA) is 57.7 Å². The van der Waals surface area contributed by atoms with Crippen molar-refractivity contribution in [2.24, 2.45) is 17.3 Å². The predicted octanol–water partition coefficient (Wildman–Crippen LogP) is 7.39. The molecular weight excluding hydrogens is 512 g/mol. The zero-order chi connectivity index (χ0) is 28.8. The standard InChI is InChI=1S/C33H37F2NO4/c1-19-25(17-37)33(19)13-7-8-21-10-12-27(30(35)29(21)33)40-18-20-9-11-22(23-15-28(38-5)36-16-26(23)34)24(14-20)31(39-6)32(2,3)4/h9-12,14-17,19,25,31H,7-8,13,18H2,1-6H3. The highest BCUT2D eigenvalue weighted by Gasteiger charge is 2.64. The van der Waals surface area contributed by atoms with Crippen molar-refractivity contribution in [2.75, 3.05) is 14.2 Å². The number of pyridine rings is 1. The highest BCUT2D eigenvalue weighted by atomic mass is 19.1. The molecule has 0 bridgehead atoms. The number of benzene rings is 2. The van der Waals surface area contributed by atoms with E-state index >= 15 is 4.39 Å². The summed E-state index contributed by atoms with van der Waals surface area (Å²) in [6, 6.07) is 10.8. The Bertz CT molecular complexity index is 1430. The number of carbonyl (C=O) groups excluding carboxylic acids is 1. The van der Waals surface area contributed by atoms with E-state index in [0.717, 1.165) is 48.4 Å². The number of fused-ring (bicyclic) bond motifs is 2. The summed E-state index contributed by atoms with van der Waals surface area (Å²) in [6.07, 6.45) is 4.34. The highest BCUT2D eigenvalue weighted by molar-refractivity contribution is 5.70. The molecule has 1 aromatic heterocycles. The summed E-state index contributed by atoms with van der Waals surface area (Å²) < 4.78 is 48.2. The van der Waals surface area contributed by atoms with Gasteiger partial charge in [0.25, 0.3) is 0 Å². The van der Waals surface area contributed by atoms with Crippen LogP contribution in [0.5, 0.6) is 11.6 Å². The molecule has 2 aromatic carbocycles. The largest absolute Gasteiger partial charge is 0.486 e. The van der Waals surface area contributed by atoms with E-state index in [9.17, 15) is 9.18 Å². The lowest BCUT2D eigenvalue weighted by atomic mass is 9.77. The van der Waals surface area contributed by atoms with Crippen LogP contribution < -0.4 is 9.47 Å². The molecule has 1 spiro atoms. The fourth-order valence-electron chi connectivity index (χ4n) is 6.82. The molecule has 0 radical (unpaired) electrons. The maximum Gasteiger partial charge on any atom is 0.213 e. The van der Waals surface area contributed by atoms with E-state index in [1.54, 1.807) is 19.2 Å². The number of aromatic nitrogens is 1. The number of carbonyl (C=O) groups is 1. The molecule has 7 heteroatoms. The molecule has 2 aliphatic carbocycles. The maximum atomic E-state index is 16.0. The minimum absolute atomic E-state index is 0.116. The van der Waals surface area contributed by atoms with Crippen LogP contribution in [0.15, 0.2) is 42.6 Å². The molecule has 1 heterocycles. The molecule has 5 nitrogen and oxygen atoms in total. The van der Waals surface area contributed by atoms with E-state index in [0.29, 0.717) is 22.6 Å². The molecule has 4 atom stereocenters. The van der Waals surface area contributed by atoms with E-state index in [2.05, 4.69) is 25.8 Å². The number of methoxy groups -OCH3 is 2. The summed E-state index contributed by atoms with van der Waals surface area (Å²) >= 11 is 0. The van der Waals surface area contributed by atoms with Crippen LogP contribution >= 0.6 is 0 Å². The van der Waals surface area contributed by atoms with Gasteiger partial charge >= 0.3 is 0 Å². The van der Waals surface area contributed by atoms with Crippen molar-refractivity contribution in [3.63, 3.8) is 0 Å². The van der Waals surface area contributed by atoms with E-state index in [-0.39, 0.29) is 41.5 Å². The average molecular weight is 550 g/mol. The predicted molar refractivity (Wildman–Crippen MR) is 149 cm³/mol. The summed E-state index contributed by atoms with van der Waals surface area (Å²) in [7, 11) is 3.12. The van der Waals surface area contributed by atoms with E-state index in [1.807, 2.05) is 31.2 Å². The fourth-order valence-corrected chi connectivity index (χ4v) is 6.82. The lowest BCUT2D eigenvalue weighted by Crippen LogP contribution is -2.22. The third kappa shape index (κ3) is 4.68. The lowest BCUT2D eigenvalue weighted by molar-refractivity contribution is -0.109. The van der Waals surface area contributed by atoms with Crippen LogP contribution in [-0.2, 0) is 28.0 Å². The number of ether oxygens (including phenoxy) is 3. The van der Waals surface area contributed by atoms with E-state index in [4.69, 9.17) is 14.2 Å². The minimum Gasteiger partial charge on any atom is -0.486 e. The SMILES string of the molecule is COc1cc(-c2ccc(COc3ccc4c(c3F)C3(CCC4)C(C)C3C=O)cc2C(OC)C(C)(C)C)c(F)cn1. The molecule has 212 valence electrons. The normalized spacial score (nSPS) is 22.5. The Balaban J connectivity index is 1.50. The number of nitrogens with zero attached hydrogens (tertiary/aromatic N) is 1. The van der Waals surface area contributed by atoms with Gasteiger partial charge in [0.15, 0.2) is 11.6 Å². The van der Waals surface area contributed by atoms with Gasteiger partial charge in [-0.1, -0.05) is 45.9 Å². The summed E-state index contributed by atoms with van der Waals surface area (Å²) in [5.41, 5.74) is 3.52. The van der Waals surface area contributed by atoms with Crippen molar-refractivity contribution >= 4 is 6.29 Å². The number of halogens is 2. The Kier molecular flexibility index (Phi) is 7.47. The van der Waals surface area contributed by atoms with E-state index < -0.39 is 11.2 Å². The molecule has 5 rings (SSSR count). The second-order valence-electron chi connectivity index (χ2n) is 12.2. The van der Waals surface area contributed by atoms with Crippen molar-refractivity contribution in [1.82, 2.24) is 4.98 Å². The monoisotopic (exact) mass is 549 g/mol. The van der Waals surface area contributed by atoms with Gasteiger partial charge in [0.1, 0.15) is 18.7 Å². The van der Waals surface area contributed by atoms with Crippen LogP contribution in [0.3, 0.4) is 0 Å². The summed E-state index contributed by atoms with van der Waals surface area (Å²) in [5, 5.41) is 0. The van der Waals surface area contributed by atoms with Gasteiger partial charge in [0, 0.05) is 35.6 Å². The fraction of sp³-hybridized carbons (Fsp3) is 0.455. The van der Waals surface area contributed by atoms with Crippen molar-refractivity contribution < 1.29 is 27.8 Å². The van der Waals surface area contributed by atoms with Gasteiger partial charge in [-0.25, -0.2) is 13.8 Å². The molecule has 4 unspecified atom stereocenters. The second-order valence-corrected chi connectivity index (χ2v) is 12.2. The number of aryl methyl sites for hydroxylation is 1. The molecule has 2 aliphatic rings. The summed E-state index contributed by atoms with van der Waals surface area (Å²) in [5.74, 6) is -0.370. The average Bonchev–Trinajstić information content (AvgIpc) is 3.49. The molecule has 0 aliphatic heterocycles. The first-order chi connectivity index (χ1) is 19.1. The first-order valence-corrected chi connectivity index (χ1v) is 13.8. The van der Waals surface area contributed by atoms with Crippen LogP contribution in [0.1, 0.15) is 68.9 Å². The van der Waals surface area contributed by atoms with Crippen molar-refractivity contribution in [3.8, 4) is 22.8 Å². The Labute approximate surface area is 234 Å². The zero-order valence-electron chi connectivity index (χ0n) is 24.0. The molecule has 0 amide bonds. The van der Waals surface area contributed by atoms with Gasteiger partial charge in [-0.05, 0) is 65.0 Å². The molecule has 40 heavy (non-hydrogen) atoms. The molecule has 3 aromatic rings. The third-order valence-corrected chi connectivity index (χ3v) is 8.82. The number of aldehydes is 1. The molecule has 1 fully saturated rings. The Morgan fingerprint density at radius 3 is 2.55 bits per heavy atom. The molecule has 0 saturated heterocycles. The third-order valence-electron chi connectivity index (χ3n) is 8.82. The smallest absolute Gasteiger partial charge is 0.213 e. The minimum atomic E-state index is -0.470. The van der Waals surface area contributed by atoms with Crippen LogP contribution in [0.4, 0.5) is 8.78 Å². The Morgan fingerprint density at radius 2 is 1.90 bits per heavy atom. The van der Waals surface area contributed by atoms with Crippen LogP contribution in [0.2, 0.25) is 0 Å². The molecule has 1 saturated carbocycles. The first-order valence-electron chi connectivity index (χ1n) is 13.8. The van der Waals surface area contributed by atoms with Gasteiger partial charge in [-0.3, -0.25) is 0 Å². The van der Waals surface area contributed by atoms with Crippen molar-refractivity contribution in [2.45, 2.75) is 65.1 Å². The van der Waals surface area contributed by atoms with Crippen LogP contribution in [0, 0.1) is 28.9 Å². The number of hydrogen-bond donors (Lipinski definition) is 0. The van der Waals surface area contributed by atoms with Crippen LogP contribution in [-0.4, -0.2) is 25.5 Å². The Hall–Kier alpha value is -3.32. The zero-order valence-corrected chi connectivity index (χ0v) is 24.0. The van der Waals surface area contributed by atoms with E-state index in [1.165, 1.54) is 7.11 Å². The number of hydrogen-bond acceptors (Lipinski definition) is 5. The highest BCUT2D eigenvalue weighted by Crippen LogP contribution is 2.65. The van der Waals surface area contributed by atoms with Crippen molar-refractivity contribution in [3.05, 3.63) is 76.5 Å². The Morgan fingerprint density at radius 1 is 1.12 bits per heavy atom. The lowest BCUT2D eigenvalue weighted by Gasteiger charge is -2.32.